The van der Waals surface area contributed by atoms with Crippen LogP contribution in [0.15, 0.2) is 36.5 Å². The van der Waals surface area contributed by atoms with E-state index in [1.54, 1.807) is 29.3 Å². The van der Waals surface area contributed by atoms with Gasteiger partial charge in [0.15, 0.2) is 5.65 Å². The second kappa shape index (κ2) is 8.45. The van der Waals surface area contributed by atoms with E-state index in [0.717, 1.165) is 11.1 Å². The van der Waals surface area contributed by atoms with Gasteiger partial charge in [-0.1, -0.05) is 12.1 Å². The van der Waals surface area contributed by atoms with Gasteiger partial charge in [0.1, 0.15) is 5.82 Å². The molecule has 1 N–H and O–H groups in total. The predicted octanol–water partition coefficient (Wildman–Crippen LogP) is 3.49. The minimum absolute atomic E-state index is 0.0548. The van der Waals surface area contributed by atoms with Crippen molar-refractivity contribution in [2.75, 3.05) is 13.1 Å². The molecule has 0 unspecified atom stereocenters. The average Bonchev–Trinajstić information content (AvgIpc) is 3.17. The summed E-state index contributed by atoms with van der Waals surface area (Å²) in [5.74, 6) is -0.991. The van der Waals surface area contributed by atoms with Crippen molar-refractivity contribution in [1.82, 2.24) is 25.0 Å². The average molecular weight is 423 g/mol. The summed E-state index contributed by atoms with van der Waals surface area (Å²) in [5, 5.41) is 8.20. The molecule has 0 atom stereocenters. The van der Waals surface area contributed by atoms with Gasteiger partial charge in [-0.3, -0.25) is 9.59 Å². The normalized spacial score (nSPS) is 14.9. The number of hydrogen-bond acceptors (Lipinski definition) is 4. The van der Waals surface area contributed by atoms with E-state index in [9.17, 15) is 14.0 Å². The molecule has 7 nitrogen and oxygen atoms in total. The summed E-state index contributed by atoms with van der Waals surface area (Å²) < 4.78 is 15.7. The highest BCUT2D eigenvalue weighted by molar-refractivity contribution is 6.05. The van der Waals surface area contributed by atoms with Crippen molar-refractivity contribution in [3.8, 4) is 0 Å². The van der Waals surface area contributed by atoms with Crippen molar-refractivity contribution < 1.29 is 14.0 Å². The predicted molar refractivity (Wildman–Crippen MR) is 115 cm³/mol. The first-order chi connectivity index (χ1) is 14.8. The van der Waals surface area contributed by atoms with Gasteiger partial charge < -0.3 is 10.2 Å². The minimum Gasteiger partial charge on any atom is -0.349 e. The van der Waals surface area contributed by atoms with Crippen LogP contribution in [0.2, 0.25) is 0 Å². The number of pyridine rings is 1. The lowest BCUT2D eigenvalue weighted by molar-refractivity contribution is 0.0694. The molecule has 8 heteroatoms. The Hall–Kier alpha value is -3.29. The number of halogens is 1. The Bertz CT molecular complexity index is 1130. The van der Waals surface area contributed by atoms with Crippen LogP contribution in [0.25, 0.3) is 11.0 Å². The second-order valence-corrected chi connectivity index (χ2v) is 8.25. The van der Waals surface area contributed by atoms with E-state index in [4.69, 9.17) is 0 Å². The number of nitrogens with one attached hydrogen (secondary N) is 1. The van der Waals surface area contributed by atoms with Gasteiger partial charge >= 0.3 is 0 Å². The summed E-state index contributed by atoms with van der Waals surface area (Å²) in [6.45, 7) is 6.84. The highest BCUT2D eigenvalue weighted by atomic mass is 19.1. The minimum atomic E-state index is -0.512. The van der Waals surface area contributed by atoms with E-state index in [-0.39, 0.29) is 29.5 Å². The number of likely N-dealkylation sites (tertiary alicyclic amines) is 1. The lowest BCUT2D eigenvalue weighted by Gasteiger charge is -2.32. The number of nitrogens with zero attached hydrogens (tertiary/aromatic N) is 4. The number of aryl methyl sites for hydroxylation is 1. The van der Waals surface area contributed by atoms with Crippen LogP contribution in [0.4, 0.5) is 4.39 Å². The monoisotopic (exact) mass is 423 g/mol. The molecule has 1 aliphatic rings. The van der Waals surface area contributed by atoms with E-state index in [0.29, 0.717) is 37.1 Å². The molecule has 1 fully saturated rings. The zero-order valence-corrected chi connectivity index (χ0v) is 17.9. The van der Waals surface area contributed by atoms with Gasteiger partial charge in [-0.15, -0.1) is 0 Å². The Balaban J connectivity index is 1.44. The van der Waals surface area contributed by atoms with Crippen molar-refractivity contribution >= 4 is 22.8 Å². The first-order valence-electron chi connectivity index (χ1n) is 10.5. The van der Waals surface area contributed by atoms with Gasteiger partial charge in [0.2, 0.25) is 0 Å². The summed E-state index contributed by atoms with van der Waals surface area (Å²) in [5.41, 5.74) is 2.09. The number of carbonyl (C=O) groups excluding carboxylic acids is 2. The first kappa shape index (κ1) is 21.0. The third-order valence-electron chi connectivity index (χ3n) is 5.65. The molecule has 2 aromatic heterocycles. The summed E-state index contributed by atoms with van der Waals surface area (Å²) in [4.78, 5) is 31.8. The third-order valence-corrected chi connectivity index (χ3v) is 5.65. The number of piperidine rings is 1. The maximum absolute atomic E-state index is 13.9. The van der Waals surface area contributed by atoms with E-state index < -0.39 is 5.82 Å². The Kier molecular flexibility index (Phi) is 5.71. The molecule has 0 bridgehead atoms. The molecule has 1 aliphatic heterocycles. The van der Waals surface area contributed by atoms with Crippen molar-refractivity contribution in [3.05, 3.63) is 59.2 Å². The maximum Gasteiger partial charge on any atom is 0.256 e. The van der Waals surface area contributed by atoms with Crippen molar-refractivity contribution in [1.29, 1.82) is 0 Å². The zero-order chi connectivity index (χ0) is 22.1. The molecule has 162 valence electrons. The quantitative estimate of drug-likeness (QED) is 0.697. The van der Waals surface area contributed by atoms with Crippen LogP contribution in [0.3, 0.4) is 0 Å². The molecule has 3 heterocycles. The van der Waals surface area contributed by atoms with E-state index in [1.807, 2.05) is 25.5 Å². The SMILES string of the molecule is Cc1cc(C(=O)NC2CCN(C(=O)c3ccccc3F)CC2)c2cnn(C(C)C)c2n1. The van der Waals surface area contributed by atoms with Crippen LogP contribution in [0.5, 0.6) is 0 Å². The molecule has 0 saturated carbocycles. The molecule has 0 radical (unpaired) electrons. The number of fused-ring (bicyclic) bond motifs is 1. The van der Waals surface area contributed by atoms with Crippen LogP contribution in [-0.2, 0) is 0 Å². The van der Waals surface area contributed by atoms with E-state index in [2.05, 4.69) is 15.4 Å². The number of rotatable bonds is 4. The van der Waals surface area contributed by atoms with Crippen LogP contribution >= 0.6 is 0 Å². The summed E-state index contributed by atoms with van der Waals surface area (Å²) in [7, 11) is 0. The topological polar surface area (TPSA) is 80.1 Å². The van der Waals surface area contributed by atoms with Crippen molar-refractivity contribution in [3.63, 3.8) is 0 Å². The fraction of sp³-hybridized carbons (Fsp3) is 0.391. The largest absolute Gasteiger partial charge is 0.349 e. The van der Waals surface area contributed by atoms with Crippen molar-refractivity contribution in [2.24, 2.45) is 0 Å². The molecular weight excluding hydrogens is 397 g/mol. The van der Waals surface area contributed by atoms with Crippen LogP contribution in [0, 0.1) is 12.7 Å². The van der Waals surface area contributed by atoms with Gasteiger partial charge in [-0.05, 0) is 51.8 Å². The molecule has 31 heavy (non-hydrogen) atoms. The fourth-order valence-corrected chi connectivity index (χ4v) is 4.00. The van der Waals surface area contributed by atoms with Gasteiger partial charge in [0.25, 0.3) is 11.8 Å². The van der Waals surface area contributed by atoms with Crippen molar-refractivity contribution in [2.45, 2.75) is 45.7 Å². The molecule has 1 aromatic carbocycles. The number of carbonyl (C=O) groups is 2. The Morgan fingerprint density at radius 3 is 2.55 bits per heavy atom. The highest BCUT2D eigenvalue weighted by Crippen LogP contribution is 2.22. The molecule has 4 rings (SSSR count). The molecule has 0 aliphatic carbocycles. The molecular formula is C23H26FN5O2. The van der Waals surface area contributed by atoms with Gasteiger partial charge in [0.05, 0.1) is 22.7 Å². The zero-order valence-electron chi connectivity index (χ0n) is 17.9. The molecule has 1 saturated heterocycles. The Labute approximate surface area is 180 Å². The highest BCUT2D eigenvalue weighted by Gasteiger charge is 2.27. The third kappa shape index (κ3) is 4.15. The molecule has 0 spiro atoms. The van der Waals surface area contributed by atoms with E-state index >= 15 is 0 Å². The van der Waals surface area contributed by atoms with Crippen LogP contribution in [0.1, 0.15) is 59.1 Å². The van der Waals surface area contributed by atoms with Crippen LogP contribution in [-0.4, -0.2) is 50.6 Å². The Morgan fingerprint density at radius 1 is 1.16 bits per heavy atom. The second-order valence-electron chi connectivity index (χ2n) is 8.25. The summed E-state index contributed by atoms with van der Waals surface area (Å²) in [6.07, 6.45) is 2.92. The fourth-order valence-electron chi connectivity index (χ4n) is 4.00. The lowest BCUT2D eigenvalue weighted by atomic mass is 10.0. The summed E-state index contributed by atoms with van der Waals surface area (Å²) >= 11 is 0. The number of benzene rings is 1. The Morgan fingerprint density at radius 2 is 1.87 bits per heavy atom. The lowest BCUT2D eigenvalue weighted by Crippen LogP contribution is -2.46. The van der Waals surface area contributed by atoms with Gasteiger partial charge in [-0.2, -0.15) is 5.10 Å². The smallest absolute Gasteiger partial charge is 0.256 e. The number of aromatic nitrogens is 3. The molecule has 2 amide bonds. The van der Waals surface area contributed by atoms with Gasteiger partial charge in [-0.25, -0.2) is 14.1 Å². The number of hydrogen-bond donors (Lipinski definition) is 1. The van der Waals surface area contributed by atoms with Crippen LogP contribution < -0.4 is 5.32 Å². The summed E-state index contributed by atoms with van der Waals surface area (Å²) in [6, 6.07) is 7.87. The number of amides is 2. The van der Waals surface area contributed by atoms with Gasteiger partial charge in [0, 0.05) is 30.9 Å². The standard InChI is InChI=1S/C23H26FN5O2/c1-14(2)29-21-19(13-25-29)18(12-15(3)26-21)22(30)27-16-8-10-28(11-9-16)23(31)17-6-4-5-7-20(17)24/h4-7,12-14,16H,8-11H2,1-3H3,(H,27,30). The van der Waals surface area contributed by atoms with E-state index in [1.165, 1.54) is 12.1 Å². The first-order valence-corrected chi connectivity index (χ1v) is 10.5. The molecule has 3 aromatic rings. The maximum atomic E-state index is 13.9.